The fourth-order valence-electron chi connectivity index (χ4n) is 1.76. The number of sulfonamides is 1. The lowest BCUT2D eigenvalue weighted by atomic mass is 10.2. The minimum Gasteiger partial charge on any atom is -0.456 e. The van der Waals surface area contributed by atoms with E-state index in [1.807, 2.05) is 0 Å². The van der Waals surface area contributed by atoms with Gasteiger partial charge >= 0.3 is 11.0 Å². The number of thiophene rings is 1. The molecule has 0 amide bonds. The van der Waals surface area contributed by atoms with Crippen molar-refractivity contribution in [2.45, 2.75) is 36.6 Å². The topological polar surface area (TPSA) is 190 Å². The summed E-state index contributed by atoms with van der Waals surface area (Å²) in [7, 11) is -8.87. The van der Waals surface area contributed by atoms with Crippen molar-refractivity contribution in [3.63, 3.8) is 0 Å². The lowest BCUT2D eigenvalue weighted by molar-refractivity contribution is -0.383. The summed E-state index contributed by atoms with van der Waals surface area (Å²) in [6, 6.07) is 0. The molecule has 14 heteroatoms. The highest BCUT2D eigenvalue weighted by atomic mass is 32.2. The number of esters is 1. The Morgan fingerprint density at radius 1 is 1.28 bits per heavy atom. The molecule has 142 valence electrons. The van der Waals surface area contributed by atoms with Crippen molar-refractivity contribution < 1.29 is 31.3 Å². The molecule has 1 heterocycles. The normalized spacial score (nSPS) is 14.2. The molecule has 1 atom stereocenters. The summed E-state index contributed by atoms with van der Waals surface area (Å²) in [6.07, 6.45) is 0.687. The Morgan fingerprint density at radius 2 is 1.76 bits per heavy atom. The van der Waals surface area contributed by atoms with Gasteiger partial charge in [-0.25, -0.2) is 26.8 Å². The number of carbonyl (C=O) groups excluding carboxylic acids is 1. The molecule has 0 aromatic carbocycles. The quantitative estimate of drug-likeness (QED) is 0.386. The summed E-state index contributed by atoms with van der Waals surface area (Å²) in [5.74, 6) is -1.15. The number of ether oxygens (including phenoxy) is 1. The zero-order chi connectivity index (χ0) is 20.0. The highest BCUT2D eigenvalue weighted by molar-refractivity contribution is 7.91. The van der Waals surface area contributed by atoms with Gasteiger partial charge in [-0.15, -0.1) is 0 Å². The van der Waals surface area contributed by atoms with Gasteiger partial charge < -0.3 is 10.5 Å². The molecule has 1 aromatic rings. The molecule has 25 heavy (non-hydrogen) atoms. The minimum absolute atomic E-state index is 0.137. The molecule has 1 aromatic heterocycles. The van der Waals surface area contributed by atoms with E-state index in [2.05, 4.69) is 0 Å². The number of nitrogens with two attached hydrogens (primary N) is 2. The Hall–Kier alpha value is -1.61. The van der Waals surface area contributed by atoms with Gasteiger partial charge in [0, 0.05) is 11.8 Å². The molecule has 0 radical (unpaired) electrons. The van der Waals surface area contributed by atoms with Gasteiger partial charge in [-0.05, 0) is 20.8 Å². The van der Waals surface area contributed by atoms with Crippen LogP contribution in [0.4, 0.5) is 5.00 Å². The van der Waals surface area contributed by atoms with Gasteiger partial charge in [0.15, 0.2) is 14.7 Å². The standard InChI is InChI=1S/C11H17N3O8S3/c1-11(2,3)22-10(15)6-5(8(12)24(4,18)19)7(25(13,20)21)9(23-6)14(16)17/h8H,12H2,1-4H3,(H2,13,20,21). The van der Waals surface area contributed by atoms with E-state index in [1.54, 1.807) is 0 Å². The first-order valence-electron chi connectivity index (χ1n) is 6.48. The van der Waals surface area contributed by atoms with Crippen molar-refractivity contribution in [3.05, 3.63) is 20.6 Å². The molecule has 11 nitrogen and oxygen atoms in total. The zero-order valence-electron chi connectivity index (χ0n) is 13.7. The lowest BCUT2D eigenvalue weighted by Crippen LogP contribution is -2.28. The van der Waals surface area contributed by atoms with E-state index in [1.165, 1.54) is 20.8 Å². The van der Waals surface area contributed by atoms with Crippen molar-refractivity contribution in [3.8, 4) is 0 Å². The predicted molar refractivity (Wildman–Crippen MR) is 89.3 cm³/mol. The second-order valence-corrected chi connectivity index (χ2v) is 10.7. The smallest absolute Gasteiger partial charge is 0.349 e. The SMILES string of the molecule is CC(C)(C)OC(=O)c1sc([N+](=O)[O-])c(S(N)(=O)=O)c1C(N)S(C)(=O)=O. The van der Waals surface area contributed by atoms with Crippen LogP contribution in [0.25, 0.3) is 0 Å². The minimum atomic E-state index is -4.75. The molecule has 0 saturated carbocycles. The molecule has 0 bridgehead atoms. The molecule has 0 aliphatic rings. The molecule has 1 unspecified atom stereocenters. The number of hydrogen-bond acceptors (Lipinski definition) is 10. The average Bonchev–Trinajstić information content (AvgIpc) is 2.74. The number of rotatable bonds is 5. The van der Waals surface area contributed by atoms with Gasteiger partial charge in [0.05, 0.1) is 4.92 Å². The van der Waals surface area contributed by atoms with E-state index >= 15 is 0 Å². The molecule has 0 saturated heterocycles. The van der Waals surface area contributed by atoms with Gasteiger partial charge in [0.1, 0.15) is 15.9 Å². The third-order valence-corrected chi connectivity index (χ3v) is 6.07. The van der Waals surface area contributed by atoms with Crippen molar-refractivity contribution in [1.29, 1.82) is 0 Å². The first kappa shape index (κ1) is 21.4. The van der Waals surface area contributed by atoms with Crippen LogP contribution in [-0.2, 0) is 24.6 Å². The Kier molecular flexibility index (Phi) is 5.66. The second kappa shape index (κ2) is 6.60. The van der Waals surface area contributed by atoms with E-state index in [0.29, 0.717) is 6.26 Å². The molecule has 0 aliphatic carbocycles. The zero-order valence-corrected chi connectivity index (χ0v) is 16.1. The van der Waals surface area contributed by atoms with Crippen molar-refractivity contribution in [2.75, 3.05) is 6.26 Å². The average molecular weight is 415 g/mol. The molecule has 0 spiro atoms. The van der Waals surface area contributed by atoms with E-state index in [0.717, 1.165) is 0 Å². The van der Waals surface area contributed by atoms with Crippen molar-refractivity contribution in [2.24, 2.45) is 10.9 Å². The first-order chi connectivity index (χ1) is 11.0. The lowest BCUT2D eigenvalue weighted by Gasteiger charge is -2.20. The van der Waals surface area contributed by atoms with E-state index in [9.17, 15) is 31.7 Å². The Labute approximate surface area is 148 Å². The maximum Gasteiger partial charge on any atom is 0.349 e. The summed E-state index contributed by atoms with van der Waals surface area (Å²) in [6.45, 7) is 4.51. The Balaban J connectivity index is 3.90. The van der Waals surface area contributed by atoms with Gasteiger partial charge in [-0.1, -0.05) is 11.3 Å². The number of nitro groups is 1. The summed E-state index contributed by atoms with van der Waals surface area (Å²) < 4.78 is 52.2. The molecule has 1 rings (SSSR count). The number of carbonyl (C=O) groups is 1. The van der Waals surface area contributed by atoms with Gasteiger partial charge in [-0.3, -0.25) is 10.1 Å². The van der Waals surface area contributed by atoms with Gasteiger partial charge in [-0.2, -0.15) is 0 Å². The fraction of sp³-hybridized carbons (Fsp3) is 0.545. The maximum absolute atomic E-state index is 12.3. The second-order valence-electron chi connectivity index (χ2n) is 6.03. The number of nitrogens with zero attached hydrogens (tertiary/aromatic N) is 1. The van der Waals surface area contributed by atoms with Crippen LogP contribution in [0.3, 0.4) is 0 Å². The maximum atomic E-state index is 12.3. The van der Waals surface area contributed by atoms with Crippen molar-refractivity contribution in [1.82, 2.24) is 0 Å². The number of primary sulfonamides is 1. The first-order valence-corrected chi connectivity index (χ1v) is 10.8. The monoisotopic (exact) mass is 415 g/mol. The predicted octanol–water partition coefficient (Wildman–Crippen LogP) is 0.261. The number of hydrogen-bond donors (Lipinski definition) is 2. The van der Waals surface area contributed by atoms with Gasteiger partial charge in [0.25, 0.3) is 0 Å². The summed E-state index contributed by atoms with van der Waals surface area (Å²) in [5, 5.41) is 13.1. The largest absolute Gasteiger partial charge is 0.456 e. The highest BCUT2D eigenvalue weighted by Crippen LogP contribution is 2.42. The van der Waals surface area contributed by atoms with Gasteiger partial charge in [0.2, 0.25) is 10.0 Å². The van der Waals surface area contributed by atoms with Crippen LogP contribution >= 0.6 is 11.3 Å². The molecular weight excluding hydrogens is 398 g/mol. The third kappa shape index (κ3) is 4.94. The summed E-state index contributed by atoms with van der Waals surface area (Å²) in [5.41, 5.74) is 3.76. The third-order valence-electron chi connectivity index (χ3n) is 2.66. The van der Waals surface area contributed by atoms with Crippen LogP contribution in [0, 0.1) is 10.1 Å². The highest BCUT2D eigenvalue weighted by Gasteiger charge is 2.41. The molecule has 0 fully saturated rings. The summed E-state index contributed by atoms with van der Waals surface area (Å²) >= 11 is 0.137. The van der Waals surface area contributed by atoms with Crippen LogP contribution in [0.1, 0.15) is 41.4 Å². The molecule has 4 N–H and O–H groups in total. The molecular formula is C11H17N3O8S3. The van der Waals surface area contributed by atoms with E-state index in [4.69, 9.17) is 15.6 Å². The molecule has 0 aliphatic heterocycles. The van der Waals surface area contributed by atoms with E-state index in [-0.39, 0.29) is 11.3 Å². The van der Waals surface area contributed by atoms with E-state index < -0.39 is 62.1 Å². The number of sulfone groups is 1. The van der Waals surface area contributed by atoms with Crippen molar-refractivity contribution >= 4 is 42.2 Å². The Morgan fingerprint density at radius 3 is 2.08 bits per heavy atom. The fourth-order valence-corrected chi connectivity index (χ4v) is 4.90. The van der Waals surface area contributed by atoms with Crippen LogP contribution < -0.4 is 10.9 Å². The summed E-state index contributed by atoms with van der Waals surface area (Å²) in [4.78, 5) is 20.7. The van der Waals surface area contributed by atoms with Crippen LogP contribution in [0.2, 0.25) is 0 Å². The van der Waals surface area contributed by atoms with Crippen LogP contribution in [-0.4, -0.2) is 39.6 Å². The van der Waals surface area contributed by atoms with Crippen LogP contribution in [0.5, 0.6) is 0 Å². The van der Waals surface area contributed by atoms with Crippen LogP contribution in [0.15, 0.2) is 4.90 Å². The Bertz CT molecular complexity index is 925.